The molecule has 3 nitrogen and oxygen atoms in total. The van der Waals surface area contributed by atoms with Crippen LogP contribution in [0.4, 0.5) is 0 Å². The van der Waals surface area contributed by atoms with Crippen molar-refractivity contribution in [3.63, 3.8) is 0 Å². The monoisotopic (exact) mass is 265 g/mol. The Labute approximate surface area is 109 Å². The first-order valence-corrected chi connectivity index (χ1v) is 7.62. The molecule has 0 radical (unpaired) electrons. The van der Waals surface area contributed by atoms with E-state index in [-0.39, 0.29) is 12.0 Å². The number of aryl methyl sites for hydroxylation is 1. The summed E-state index contributed by atoms with van der Waals surface area (Å²) in [6.45, 7) is 6.50. The van der Waals surface area contributed by atoms with Crippen molar-refractivity contribution in [2.24, 2.45) is 5.92 Å². The fourth-order valence-corrected chi connectivity index (χ4v) is 3.85. The van der Waals surface area contributed by atoms with E-state index >= 15 is 0 Å². The summed E-state index contributed by atoms with van der Waals surface area (Å²) in [6, 6.07) is 7.00. The van der Waals surface area contributed by atoms with Crippen LogP contribution in [0.2, 0.25) is 0 Å². The van der Waals surface area contributed by atoms with Gasteiger partial charge in [-0.05, 0) is 25.0 Å². The molecule has 1 aliphatic rings. The van der Waals surface area contributed by atoms with Crippen molar-refractivity contribution in [1.82, 2.24) is 4.31 Å². The highest BCUT2D eigenvalue weighted by Gasteiger charge is 2.33. The first-order chi connectivity index (χ1) is 8.43. The zero-order valence-electron chi connectivity index (χ0n) is 11.0. The maximum absolute atomic E-state index is 12.5. The van der Waals surface area contributed by atoms with Crippen LogP contribution < -0.4 is 0 Å². The normalized spacial score (nSPS) is 20.8. The summed E-state index contributed by atoms with van der Waals surface area (Å²) in [6.07, 6.45) is 3.91. The number of benzene rings is 1. The standard InChI is InChI=1S/C14H19NO2S/c1-11(2)14-5-4-10-15(14)18(16,17)13-8-6-12(3)7-9-13/h4-9,11,14H,10H2,1-3H3. The SMILES string of the molecule is Cc1ccc(S(=O)(=O)N2CC=CC2C(C)C)cc1. The fraction of sp³-hybridized carbons (Fsp3) is 0.429. The molecule has 2 rings (SSSR count). The Kier molecular flexibility index (Phi) is 3.59. The average Bonchev–Trinajstić information content (AvgIpc) is 2.79. The third-order valence-corrected chi connectivity index (χ3v) is 5.14. The molecule has 1 aromatic carbocycles. The molecule has 0 saturated carbocycles. The number of rotatable bonds is 3. The molecule has 4 heteroatoms. The quantitative estimate of drug-likeness (QED) is 0.788. The van der Waals surface area contributed by atoms with E-state index in [0.717, 1.165) is 5.56 Å². The third kappa shape index (κ3) is 2.35. The van der Waals surface area contributed by atoms with Crippen molar-refractivity contribution in [1.29, 1.82) is 0 Å². The first-order valence-electron chi connectivity index (χ1n) is 6.18. The van der Waals surface area contributed by atoms with Crippen LogP contribution in [-0.4, -0.2) is 25.3 Å². The van der Waals surface area contributed by atoms with E-state index in [1.807, 2.05) is 45.1 Å². The predicted octanol–water partition coefficient (Wildman–Crippen LogP) is 2.58. The summed E-state index contributed by atoms with van der Waals surface area (Å²) in [7, 11) is -3.38. The lowest BCUT2D eigenvalue weighted by Gasteiger charge is -2.26. The predicted molar refractivity (Wildman–Crippen MR) is 72.8 cm³/mol. The van der Waals surface area contributed by atoms with E-state index in [4.69, 9.17) is 0 Å². The van der Waals surface area contributed by atoms with Gasteiger partial charge in [0.1, 0.15) is 0 Å². The van der Waals surface area contributed by atoms with Crippen LogP contribution in [0.5, 0.6) is 0 Å². The van der Waals surface area contributed by atoms with Crippen molar-refractivity contribution in [3.8, 4) is 0 Å². The van der Waals surface area contributed by atoms with Crippen LogP contribution in [-0.2, 0) is 10.0 Å². The lowest BCUT2D eigenvalue weighted by molar-refractivity contribution is 0.343. The van der Waals surface area contributed by atoms with E-state index in [1.54, 1.807) is 16.4 Å². The lowest BCUT2D eigenvalue weighted by Crippen LogP contribution is -2.38. The van der Waals surface area contributed by atoms with Crippen LogP contribution in [0.1, 0.15) is 19.4 Å². The van der Waals surface area contributed by atoms with Gasteiger partial charge in [-0.2, -0.15) is 4.31 Å². The van der Waals surface area contributed by atoms with Gasteiger partial charge in [-0.1, -0.05) is 43.7 Å². The molecule has 0 amide bonds. The second-order valence-corrected chi connectivity index (χ2v) is 6.94. The van der Waals surface area contributed by atoms with E-state index in [2.05, 4.69) is 0 Å². The highest BCUT2D eigenvalue weighted by Crippen LogP contribution is 2.26. The van der Waals surface area contributed by atoms with Crippen LogP contribution >= 0.6 is 0 Å². The second kappa shape index (κ2) is 4.86. The zero-order chi connectivity index (χ0) is 13.3. The van der Waals surface area contributed by atoms with Crippen molar-refractivity contribution in [3.05, 3.63) is 42.0 Å². The summed E-state index contributed by atoms with van der Waals surface area (Å²) >= 11 is 0. The zero-order valence-corrected chi connectivity index (χ0v) is 11.8. The largest absolute Gasteiger partial charge is 0.243 e. The molecule has 0 aromatic heterocycles. The Bertz CT molecular complexity index is 544. The van der Waals surface area contributed by atoms with E-state index in [0.29, 0.717) is 11.4 Å². The van der Waals surface area contributed by atoms with Crippen molar-refractivity contribution in [2.75, 3.05) is 6.54 Å². The summed E-state index contributed by atoms with van der Waals surface area (Å²) in [5, 5.41) is 0. The number of nitrogens with zero attached hydrogens (tertiary/aromatic N) is 1. The minimum Gasteiger partial charge on any atom is -0.207 e. The molecule has 0 spiro atoms. The molecular weight excluding hydrogens is 246 g/mol. The summed E-state index contributed by atoms with van der Waals surface area (Å²) in [5.74, 6) is 0.281. The van der Waals surface area contributed by atoms with E-state index in [9.17, 15) is 8.42 Å². The van der Waals surface area contributed by atoms with Gasteiger partial charge in [-0.3, -0.25) is 0 Å². The van der Waals surface area contributed by atoms with Crippen LogP contribution in [0.25, 0.3) is 0 Å². The molecule has 1 unspecified atom stereocenters. The van der Waals surface area contributed by atoms with Gasteiger partial charge >= 0.3 is 0 Å². The molecule has 1 heterocycles. The van der Waals surface area contributed by atoms with Gasteiger partial charge in [0.2, 0.25) is 10.0 Å². The molecule has 18 heavy (non-hydrogen) atoms. The Balaban J connectivity index is 2.35. The molecule has 0 aliphatic carbocycles. The van der Waals surface area contributed by atoms with E-state index < -0.39 is 10.0 Å². The molecule has 0 bridgehead atoms. The smallest absolute Gasteiger partial charge is 0.207 e. The highest BCUT2D eigenvalue weighted by atomic mass is 32.2. The Morgan fingerprint density at radius 2 is 1.83 bits per heavy atom. The summed E-state index contributed by atoms with van der Waals surface area (Å²) < 4.78 is 26.7. The number of hydrogen-bond donors (Lipinski definition) is 0. The van der Waals surface area contributed by atoms with Crippen molar-refractivity contribution >= 4 is 10.0 Å². The minimum absolute atomic E-state index is 0.0312. The number of sulfonamides is 1. The van der Waals surface area contributed by atoms with Crippen LogP contribution in [0, 0.1) is 12.8 Å². The Morgan fingerprint density at radius 1 is 1.22 bits per heavy atom. The first kappa shape index (κ1) is 13.3. The molecule has 0 saturated heterocycles. The van der Waals surface area contributed by atoms with Gasteiger partial charge < -0.3 is 0 Å². The van der Waals surface area contributed by atoms with Gasteiger partial charge in [0.15, 0.2) is 0 Å². The maximum atomic E-state index is 12.5. The van der Waals surface area contributed by atoms with Gasteiger partial charge in [0, 0.05) is 12.6 Å². The molecule has 0 fully saturated rings. The van der Waals surface area contributed by atoms with Gasteiger partial charge in [-0.25, -0.2) is 8.42 Å². The minimum atomic E-state index is -3.38. The van der Waals surface area contributed by atoms with Gasteiger partial charge in [-0.15, -0.1) is 0 Å². The van der Waals surface area contributed by atoms with Crippen molar-refractivity contribution in [2.45, 2.75) is 31.7 Å². The summed E-state index contributed by atoms with van der Waals surface area (Å²) in [4.78, 5) is 0.377. The highest BCUT2D eigenvalue weighted by molar-refractivity contribution is 7.89. The Hall–Kier alpha value is -1.13. The van der Waals surface area contributed by atoms with Crippen LogP contribution in [0.3, 0.4) is 0 Å². The van der Waals surface area contributed by atoms with E-state index in [1.165, 1.54) is 0 Å². The third-order valence-electron chi connectivity index (χ3n) is 3.26. The second-order valence-electron chi connectivity index (χ2n) is 5.05. The lowest BCUT2D eigenvalue weighted by atomic mass is 10.1. The molecular formula is C14H19NO2S. The molecule has 0 N–H and O–H groups in total. The fourth-order valence-electron chi connectivity index (χ4n) is 2.18. The van der Waals surface area contributed by atoms with Crippen LogP contribution in [0.15, 0.2) is 41.3 Å². The molecule has 98 valence electrons. The molecule has 1 atom stereocenters. The number of hydrogen-bond acceptors (Lipinski definition) is 2. The van der Waals surface area contributed by atoms with Gasteiger partial charge in [0.25, 0.3) is 0 Å². The molecule has 1 aliphatic heterocycles. The molecule has 1 aromatic rings. The Morgan fingerprint density at radius 3 is 2.39 bits per heavy atom. The average molecular weight is 265 g/mol. The van der Waals surface area contributed by atoms with Crippen molar-refractivity contribution < 1.29 is 8.42 Å². The topological polar surface area (TPSA) is 37.4 Å². The summed E-state index contributed by atoms with van der Waals surface area (Å²) in [5.41, 5.74) is 1.06. The maximum Gasteiger partial charge on any atom is 0.243 e. The van der Waals surface area contributed by atoms with Gasteiger partial charge in [0.05, 0.1) is 4.90 Å².